The van der Waals surface area contributed by atoms with Crippen molar-refractivity contribution in [3.8, 4) is 11.5 Å². The van der Waals surface area contributed by atoms with Crippen LogP contribution >= 0.6 is 11.8 Å². The van der Waals surface area contributed by atoms with Gasteiger partial charge in [0, 0.05) is 11.3 Å². The zero-order chi connectivity index (χ0) is 18.6. The Bertz CT molecular complexity index is 1080. The van der Waals surface area contributed by atoms with Crippen molar-refractivity contribution in [2.75, 3.05) is 5.32 Å². The Labute approximate surface area is 160 Å². The minimum atomic E-state index is -0.374. The molecule has 3 aromatic carbocycles. The predicted octanol–water partition coefficient (Wildman–Crippen LogP) is 5.01. The van der Waals surface area contributed by atoms with Crippen LogP contribution in [0.1, 0.15) is 6.92 Å². The number of fused-ring (bicyclic) bond motifs is 1. The molecule has 0 aliphatic carbocycles. The third kappa shape index (κ3) is 4.01. The lowest BCUT2D eigenvalue weighted by Crippen LogP contribution is -2.22. The molecule has 1 amide bonds. The number of nitrogens with zero attached hydrogens (tertiary/aromatic N) is 2. The first-order valence-corrected chi connectivity index (χ1v) is 9.42. The fourth-order valence-corrected chi connectivity index (χ4v) is 3.35. The van der Waals surface area contributed by atoms with Crippen molar-refractivity contribution in [1.82, 2.24) is 10.2 Å². The van der Waals surface area contributed by atoms with Gasteiger partial charge in [-0.25, -0.2) is 0 Å². The maximum atomic E-state index is 12.5. The second-order valence-corrected chi connectivity index (χ2v) is 7.34. The first kappa shape index (κ1) is 17.3. The zero-order valence-electron chi connectivity index (χ0n) is 14.6. The quantitative estimate of drug-likeness (QED) is 0.497. The van der Waals surface area contributed by atoms with E-state index >= 15 is 0 Å². The van der Waals surface area contributed by atoms with Crippen molar-refractivity contribution >= 4 is 34.1 Å². The van der Waals surface area contributed by atoms with Gasteiger partial charge < -0.3 is 9.73 Å². The number of anilines is 1. The number of carbonyl (C=O) groups is 1. The average Bonchev–Trinajstić information content (AvgIpc) is 3.17. The van der Waals surface area contributed by atoms with E-state index in [0.717, 1.165) is 22.0 Å². The largest absolute Gasteiger partial charge is 0.411 e. The summed E-state index contributed by atoms with van der Waals surface area (Å²) < 4.78 is 5.66. The summed E-state index contributed by atoms with van der Waals surface area (Å²) in [5, 5.41) is 13.2. The second kappa shape index (κ2) is 7.63. The van der Waals surface area contributed by atoms with Crippen molar-refractivity contribution in [3.63, 3.8) is 0 Å². The number of aromatic nitrogens is 2. The molecule has 1 heterocycles. The summed E-state index contributed by atoms with van der Waals surface area (Å²) in [6, 6.07) is 23.4. The Morgan fingerprint density at radius 1 is 0.963 bits per heavy atom. The van der Waals surface area contributed by atoms with Crippen LogP contribution in [0.4, 0.5) is 5.69 Å². The van der Waals surface area contributed by atoms with Gasteiger partial charge in [0.2, 0.25) is 11.8 Å². The smallest absolute Gasteiger partial charge is 0.277 e. The van der Waals surface area contributed by atoms with Crippen LogP contribution in [0.5, 0.6) is 0 Å². The number of amides is 1. The number of thioether (sulfide) groups is 1. The van der Waals surface area contributed by atoms with E-state index in [1.54, 1.807) is 0 Å². The van der Waals surface area contributed by atoms with Crippen molar-refractivity contribution in [2.24, 2.45) is 0 Å². The van der Waals surface area contributed by atoms with E-state index in [1.807, 2.05) is 79.7 Å². The fraction of sp³-hybridized carbons (Fsp3) is 0.0952. The summed E-state index contributed by atoms with van der Waals surface area (Å²) in [4.78, 5) is 12.5. The first-order valence-electron chi connectivity index (χ1n) is 8.54. The summed E-state index contributed by atoms with van der Waals surface area (Å²) in [6.45, 7) is 1.81. The molecule has 5 nitrogen and oxygen atoms in total. The number of hydrogen-bond donors (Lipinski definition) is 1. The summed E-state index contributed by atoms with van der Waals surface area (Å²) in [6.07, 6.45) is 0. The molecule has 4 aromatic rings. The Hall–Kier alpha value is -3.12. The molecular weight excluding hydrogens is 358 g/mol. The second-order valence-electron chi connectivity index (χ2n) is 6.05. The van der Waals surface area contributed by atoms with Crippen LogP contribution in [0.25, 0.3) is 22.2 Å². The molecule has 1 aromatic heterocycles. The monoisotopic (exact) mass is 375 g/mol. The van der Waals surface area contributed by atoms with Crippen molar-refractivity contribution < 1.29 is 9.21 Å². The van der Waals surface area contributed by atoms with Gasteiger partial charge in [-0.05, 0) is 42.0 Å². The van der Waals surface area contributed by atoms with Gasteiger partial charge >= 0.3 is 0 Å². The molecule has 1 unspecified atom stereocenters. The lowest BCUT2D eigenvalue weighted by Gasteiger charge is -2.10. The highest BCUT2D eigenvalue weighted by Crippen LogP contribution is 2.27. The van der Waals surface area contributed by atoms with Crippen LogP contribution in [0, 0.1) is 0 Å². The minimum absolute atomic E-state index is 0.116. The van der Waals surface area contributed by atoms with E-state index in [-0.39, 0.29) is 11.2 Å². The zero-order valence-corrected chi connectivity index (χ0v) is 15.4. The maximum Gasteiger partial charge on any atom is 0.277 e. The molecule has 0 radical (unpaired) electrons. The normalized spacial score (nSPS) is 12.0. The van der Waals surface area contributed by atoms with Gasteiger partial charge in [-0.1, -0.05) is 60.3 Å². The molecule has 0 aliphatic rings. The van der Waals surface area contributed by atoms with Crippen LogP contribution in [0.3, 0.4) is 0 Å². The lowest BCUT2D eigenvalue weighted by atomic mass is 10.1. The standard InChI is InChI=1S/C21H17N3O2S/c1-14(27-21-24-23-20(26-21)16-8-3-2-4-9-16)19(25)22-18-12-11-15-7-5-6-10-17(15)13-18/h2-14H,1H3,(H,22,25). The van der Waals surface area contributed by atoms with Crippen LogP contribution in [-0.4, -0.2) is 21.4 Å². The SMILES string of the molecule is CC(Sc1nnc(-c2ccccc2)o1)C(=O)Nc1ccc2ccccc2c1. The molecule has 134 valence electrons. The third-order valence-corrected chi connectivity index (χ3v) is 5.03. The van der Waals surface area contributed by atoms with E-state index < -0.39 is 0 Å². The van der Waals surface area contributed by atoms with E-state index in [1.165, 1.54) is 11.8 Å². The van der Waals surface area contributed by atoms with Gasteiger partial charge in [-0.2, -0.15) is 0 Å². The number of nitrogens with one attached hydrogen (secondary N) is 1. The van der Waals surface area contributed by atoms with E-state index in [9.17, 15) is 4.79 Å². The van der Waals surface area contributed by atoms with Gasteiger partial charge in [0.1, 0.15) is 0 Å². The van der Waals surface area contributed by atoms with Gasteiger partial charge in [0.15, 0.2) is 0 Å². The van der Waals surface area contributed by atoms with Crippen molar-refractivity contribution in [2.45, 2.75) is 17.4 Å². The van der Waals surface area contributed by atoms with Gasteiger partial charge in [0.25, 0.3) is 5.22 Å². The molecule has 4 rings (SSSR count). The van der Waals surface area contributed by atoms with Gasteiger partial charge in [-0.15, -0.1) is 10.2 Å². The molecular formula is C21H17N3O2S. The van der Waals surface area contributed by atoms with E-state index in [0.29, 0.717) is 11.1 Å². The topological polar surface area (TPSA) is 68.0 Å². The van der Waals surface area contributed by atoms with Crippen LogP contribution in [0.2, 0.25) is 0 Å². The maximum absolute atomic E-state index is 12.5. The molecule has 0 spiro atoms. The molecule has 0 aliphatic heterocycles. The van der Waals surface area contributed by atoms with Crippen LogP contribution in [-0.2, 0) is 4.79 Å². The van der Waals surface area contributed by atoms with Crippen LogP contribution in [0.15, 0.2) is 82.4 Å². The highest BCUT2D eigenvalue weighted by Gasteiger charge is 2.19. The minimum Gasteiger partial charge on any atom is -0.411 e. The summed E-state index contributed by atoms with van der Waals surface area (Å²) in [7, 11) is 0. The molecule has 6 heteroatoms. The Morgan fingerprint density at radius 3 is 2.52 bits per heavy atom. The third-order valence-electron chi connectivity index (χ3n) is 4.09. The summed E-state index contributed by atoms with van der Waals surface area (Å²) in [5.41, 5.74) is 1.62. The summed E-state index contributed by atoms with van der Waals surface area (Å²) in [5.74, 6) is 0.329. The number of carbonyl (C=O) groups excluding carboxylic acids is 1. The van der Waals surface area contributed by atoms with Gasteiger partial charge in [0.05, 0.1) is 5.25 Å². The highest BCUT2D eigenvalue weighted by molar-refractivity contribution is 8.00. The first-order chi connectivity index (χ1) is 13.2. The molecule has 0 saturated carbocycles. The number of hydrogen-bond acceptors (Lipinski definition) is 5. The number of rotatable bonds is 5. The predicted molar refractivity (Wildman–Crippen MR) is 108 cm³/mol. The fourth-order valence-electron chi connectivity index (χ4n) is 2.67. The average molecular weight is 375 g/mol. The molecule has 0 bridgehead atoms. The molecule has 0 fully saturated rings. The van der Waals surface area contributed by atoms with Crippen molar-refractivity contribution in [3.05, 3.63) is 72.8 Å². The molecule has 0 saturated heterocycles. The van der Waals surface area contributed by atoms with Gasteiger partial charge in [-0.3, -0.25) is 4.79 Å². The summed E-state index contributed by atoms with van der Waals surface area (Å²) >= 11 is 1.24. The van der Waals surface area contributed by atoms with Crippen LogP contribution < -0.4 is 5.32 Å². The highest BCUT2D eigenvalue weighted by atomic mass is 32.2. The Morgan fingerprint density at radius 2 is 1.70 bits per heavy atom. The lowest BCUT2D eigenvalue weighted by molar-refractivity contribution is -0.115. The van der Waals surface area contributed by atoms with E-state index in [4.69, 9.17) is 4.42 Å². The molecule has 27 heavy (non-hydrogen) atoms. The van der Waals surface area contributed by atoms with E-state index in [2.05, 4.69) is 15.5 Å². The Balaban J connectivity index is 1.42. The molecule has 1 atom stereocenters. The Kier molecular flexibility index (Phi) is 4.89. The van der Waals surface area contributed by atoms with Crippen molar-refractivity contribution in [1.29, 1.82) is 0 Å². The molecule has 1 N–H and O–H groups in total. The number of benzene rings is 3.